The van der Waals surface area contributed by atoms with E-state index >= 15 is 0 Å². The van der Waals surface area contributed by atoms with E-state index in [0.717, 1.165) is 31.2 Å². The van der Waals surface area contributed by atoms with E-state index in [0.29, 0.717) is 12.0 Å². The van der Waals surface area contributed by atoms with E-state index in [1.807, 2.05) is 0 Å². The maximum absolute atomic E-state index is 5.49. The summed E-state index contributed by atoms with van der Waals surface area (Å²) < 4.78 is 7.86. The Bertz CT molecular complexity index is 745. The van der Waals surface area contributed by atoms with E-state index in [9.17, 15) is 0 Å². The van der Waals surface area contributed by atoms with Gasteiger partial charge in [0.15, 0.2) is 5.82 Å². The molecule has 0 bridgehead atoms. The first-order valence-electron chi connectivity index (χ1n) is 9.40. The molecule has 0 aromatic carbocycles. The van der Waals surface area contributed by atoms with Crippen LogP contribution in [0.4, 0.5) is 0 Å². The standard InChI is InChI=1S/C18H25N5O/c1-22-14-6-3-2-5-13(14)19-18(22)15-7-4-10-23(15)11-16-20-17(21-24-16)12-8-9-12/h12,15H,2-11H2,1H3/t15-/m0/s1. The van der Waals surface area contributed by atoms with Crippen LogP contribution >= 0.6 is 0 Å². The van der Waals surface area contributed by atoms with Gasteiger partial charge in [0.1, 0.15) is 5.82 Å². The minimum Gasteiger partial charge on any atom is -0.338 e. The monoisotopic (exact) mass is 327 g/mol. The molecule has 1 atom stereocenters. The molecule has 6 heteroatoms. The maximum Gasteiger partial charge on any atom is 0.240 e. The number of likely N-dealkylation sites (tertiary alicyclic amines) is 1. The van der Waals surface area contributed by atoms with Crippen LogP contribution in [-0.2, 0) is 26.4 Å². The molecule has 0 unspecified atom stereocenters. The first-order valence-corrected chi connectivity index (χ1v) is 9.40. The van der Waals surface area contributed by atoms with Gasteiger partial charge < -0.3 is 9.09 Å². The number of hydrogen-bond acceptors (Lipinski definition) is 5. The Balaban J connectivity index is 1.37. The van der Waals surface area contributed by atoms with Crippen LogP contribution in [0.5, 0.6) is 0 Å². The molecule has 0 N–H and O–H groups in total. The molecule has 3 heterocycles. The number of aryl methyl sites for hydroxylation is 1. The first-order chi connectivity index (χ1) is 11.8. The molecule has 6 nitrogen and oxygen atoms in total. The Morgan fingerprint density at radius 2 is 1.96 bits per heavy atom. The van der Waals surface area contributed by atoms with Crippen molar-refractivity contribution in [3.63, 3.8) is 0 Å². The highest BCUT2D eigenvalue weighted by atomic mass is 16.5. The van der Waals surface area contributed by atoms with Gasteiger partial charge in [-0.15, -0.1) is 0 Å². The van der Waals surface area contributed by atoms with Crippen molar-refractivity contribution < 1.29 is 4.52 Å². The highest BCUT2D eigenvalue weighted by Gasteiger charge is 2.33. The van der Waals surface area contributed by atoms with Gasteiger partial charge in [0.2, 0.25) is 5.89 Å². The van der Waals surface area contributed by atoms with Gasteiger partial charge in [-0.3, -0.25) is 4.90 Å². The van der Waals surface area contributed by atoms with E-state index in [2.05, 4.69) is 26.7 Å². The predicted octanol–water partition coefficient (Wildman–Crippen LogP) is 2.90. The fraction of sp³-hybridized carbons (Fsp3) is 0.722. The van der Waals surface area contributed by atoms with Crippen molar-refractivity contribution in [2.75, 3.05) is 6.54 Å². The molecule has 1 saturated heterocycles. The Morgan fingerprint density at radius 3 is 2.79 bits per heavy atom. The van der Waals surface area contributed by atoms with Crippen LogP contribution in [-0.4, -0.2) is 31.1 Å². The Kier molecular flexibility index (Phi) is 3.47. The minimum atomic E-state index is 0.386. The van der Waals surface area contributed by atoms with Crippen LogP contribution in [0.1, 0.15) is 79.4 Å². The van der Waals surface area contributed by atoms with E-state index in [1.165, 1.54) is 62.2 Å². The average Bonchev–Trinajstić information content (AvgIpc) is 3.03. The molecule has 2 aliphatic carbocycles. The largest absolute Gasteiger partial charge is 0.338 e. The molecule has 2 fully saturated rings. The van der Waals surface area contributed by atoms with Gasteiger partial charge in [-0.05, 0) is 57.9 Å². The number of nitrogens with zero attached hydrogens (tertiary/aromatic N) is 5. The van der Waals surface area contributed by atoms with Crippen LogP contribution in [0.3, 0.4) is 0 Å². The topological polar surface area (TPSA) is 60.0 Å². The van der Waals surface area contributed by atoms with Gasteiger partial charge in [0, 0.05) is 18.7 Å². The lowest BCUT2D eigenvalue weighted by Crippen LogP contribution is -2.25. The molecule has 5 rings (SSSR count). The zero-order chi connectivity index (χ0) is 16.1. The van der Waals surface area contributed by atoms with Crippen molar-refractivity contribution in [1.82, 2.24) is 24.6 Å². The average molecular weight is 327 g/mol. The van der Waals surface area contributed by atoms with Crippen molar-refractivity contribution in [3.05, 3.63) is 28.9 Å². The molecule has 1 saturated carbocycles. The smallest absolute Gasteiger partial charge is 0.240 e. The fourth-order valence-corrected chi connectivity index (χ4v) is 4.33. The van der Waals surface area contributed by atoms with Crippen LogP contribution < -0.4 is 0 Å². The summed E-state index contributed by atoms with van der Waals surface area (Å²) in [5, 5.41) is 4.16. The van der Waals surface area contributed by atoms with Crippen molar-refractivity contribution in [2.45, 2.75) is 69.9 Å². The SMILES string of the molecule is Cn1c([C@@H]2CCCN2Cc2nc(C3CC3)no2)nc2c1CCCC2. The summed E-state index contributed by atoms with van der Waals surface area (Å²) in [5.74, 6) is 3.47. The third kappa shape index (κ3) is 2.48. The first kappa shape index (κ1) is 14.6. The lowest BCUT2D eigenvalue weighted by molar-refractivity contribution is 0.203. The van der Waals surface area contributed by atoms with E-state index in [4.69, 9.17) is 9.51 Å². The second-order valence-electron chi connectivity index (χ2n) is 7.58. The summed E-state index contributed by atoms with van der Waals surface area (Å²) in [7, 11) is 2.20. The lowest BCUT2D eigenvalue weighted by atomic mass is 10.0. The minimum absolute atomic E-state index is 0.386. The third-order valence-corrected chi connectivity index (χ3v) is 5.83. The molecule has 2 aromatic rings. The number of rotatable bonds is 4. The third-order valence-electron chi connectivity index (χ3n) is 5.83. The highest BCUT2D eigenvalue weighted by molar-refractivity contribution is 5.22. The fourth-order valence-electron chi connectivity index (χ4n) is 4.33. The molecule has 0 spiro atoms. The zero-order valence-electron chi connectivity index (χ0n) is 14.4. The summed E-state index contributed by atoms with van der Waals surface area (Å²) in [6.07, 6.45) is 9.72. The summed E-state index contributed by atoms with van der Waals surface area (Å²) in [6, 6.07) is 0.386. The molecule has 2 aromatic heterocycles. The number of imidazole rings is 1. The van der Waals surface area contributed by atoms with Crippen molar-refractivity contribution in [3.8, 4) is 0 Å². The molecule has 3 aliphatic rings. The van der Waals surface area contributed by atoms with Gasteiger partial charge in [0.05, 0.1) is 18.3 Å². The Morgan fingerprint density at radius 1 is 1.08 bits per heavy atom. The van der Waals surface area contributed by atoms with Gasteiger partial charge in [-0.1, -0.05) is 5.16 Å². The lowest BCUT2D eigenvalue weighted by Gasteiger charge is -2.22. The van der Waals surface area contributed by atoms with E-state index in [1.54, 1.807) is 0 Å². The van der Waals surface area contributed by atoms with Crippen molar-refractivity contribution >= 4 is 0 Å². The Labute approximate surface area is 142 Å². The Hall–Kier alpha value is -1.69. The predicted molar refractivity (Wildman–Crippen MR) is 88.5 cm³/mol. The summed E-state index contributed by atoms with van der Waals surface area (Å²) in [5.41, 5.74) is 2.79. The van der Waals surface area contributed by atoms with Crippen molar-refractivity contribution in [2.24, 2.45) is 7.05 Å². The van der Waals surface area contributed by atoms with Crippen LogP contribution in [0, 0.1) is 0 Å². The maximum atomic E-state index is 5.49. The zero-order valence-corrected chi connectivity index (χ0v) is 14.4. The van der Waals surface area contributed by atoms with Crippen LogP contribution in [0.25, 0.3) is 0 Å². The molecular formula is C18H25N5O. The molecule has 0 amide bonds. The van der Waals surface area contributed by atoms with Gasteiger partial charge >= 0.3 is 0 Å². The van der Waals surface area contributed by atoms with Gasteiger partial charge in [-0.2, -0.15) is 4.98 Å². The molecular weight excluding hydrogens is 302 g/mol. The summed E-state index contributed by atoms with van der Waals surface area (Å²) in [4.78, 5) is 12.1. The number of aromatic nitrogens is 4. The molecule has 24 heavy (non-hydrogen) atoms. The molecule has 0 radical (unpaired) electrons. The van der Waals surface area contributed by atoms with E-state index < -0.39 is 0 Å². The van der Waals surface area contributed by atoms with E-state index in [-0.39, 0.29) is 0 Å². The second kappa shape index (κ2) is 5.69. The highest BCUT2D eigenvalue weighted by Crippen LogP contribution is 2.39. The van der Waals surface area contributed by atoms with Crippen LogP contribution in [0.2, 0.25) is 0 Å². The molecule has 1 aliphatic heterocycles. The summed E-state index contributed by atoms with van der Waals surface area (Å²) in [6.45, 7) is 1.84. The number of fused-ring (bicyclic) bond motifs is 1. The van der Waals surface area contributed by atoms with Gasteiger partial charge in [-0.25, -0.2) is 4.98 Å². The summed E-state index contributed by atoms with van der Waals surface area (Å²) >= 11 is 0. The quantitative estimate of drug-likeness (QED) is 0.864. The number of hydrogen-bond donors (Lipinski definition) is 0. The molecule has 128 valence electrons. The normalized spacial score (nSPS) is 24.5. The van der Waals surface area contributed by atoms with Crippen LogP contribution in [0.15, 0.2) is 4.52 Å². The second-order valence-corrected chi connectivity index (χ2v) is 7.58. The van der Waals surface area contributed by atoms with Gasteiger partial charge in [0.25, 0.3) is 0 Å². The van der Waals surface area contributed by atoms with Crippen molar-refractivity contribution in [1.29, 1.82) is 0 Å².